The third kappa shape index (κ3) is 3.02. The number of anilines is 1. The van der Waals surface area contributed by atoms with Gasteiger partial charge in [0.25, 0.3) is 0 Å². The lowest BCUT2D eigenvalue weighted by Crippen LogP contribution is -2.28. The molecule has 6 nitrogen and oxygen atoms in total. The summed E-state index contributed by atoms with van der Waals surface area (Å²) in [5.74, 6) is 0.147. The number of thiazole rings is 1. The van der Waals surface area contributed by atoms with Gasteiger partial charge in [0, 0.05) is 5.03 Å². The lowest BCUT2D eigenvalue weighted by molar-refractivity contribution is 0.0600. The first-order valence-corrected chi connectivity index (χ1v) is 9.28. The van der Waals surface area contributed by atoms with Crippen LogP contribution in [0.15, 0.2) is 41.7 Å². The van der Waals surface area contributed by atoms with Gasteiger partial charge in [0.15, 0.2) is 0 Å². The Hall–Kier alpha value is -2.22. The smallest absolute Gasteiger partial charge is 0.367 e. The summed E-state index contributed by atoms with van der Waals surface area (Å²) in [7, 11) is 1.33. The van der Waals surface area contributed by atoms with Crippen LogP contribution in [0, 0.1) is 0 Å². The molecule has 1 aliphatic rings. The van der Waals surface area contributed by atoms with Crippen LogP contribution in [-0.4, -0.2) is 39.4 Å². The number of carbonyl (C=O) groups excluding carboxylic acids is 1. The first-order chi connectivity index (χ1) is 12.6. The van der Waals surface area contributed by atoms with E-state index in [0.717, 1.165) is 15.6 Å². The highest BCUT2D eigenvalue weighted by atomic mass is 35.5. The second-order valence-corrected chi connectivity index (χ2v) is 7.51. The van der Waals surface area contributed by atoms with Crippen LogP contribution in [-0.2, 0) is 4.74 Å². The monoisotopic (exact) mass is 406 g/mol. The second-order valence-electron chi connectivity index (χ2n) is 5.57. The van der Waals surface area contributed by atoms with Crippen LogP contribution in [0.3, 0.4) is 0 Å². The molecule has 2 atom stereocenters. The van der Waals surface area contributed by atoms with Crippen LogP contribution in [0.1, 0.15) is 9.80 Å². The molecule has 1 aromatic carbocycles. The summed E-state index contributed by atoms with van der Waals surface area (Å²) in [4.78, 5) is 24.9. The van der Waals surface area contributed by atoms with Crippen LogP contribution >= 0.6 is 34.5 Å². The van der Waals surface area contributed by atoms with Gasteiger partial charge in [-0.2, -0.15) is 0 Å². The number of halogens is 2. The fourth-order valence-electron chi connectivity index (χ4n) is 2.71. The molecule has 1 aliphatic carbocycles. The number of alkyl halides is 1. The predicted molar refractivity (Wildman–Crippen MR) is 104 cm³/mol. The maximum absolute atomic E-state index is 11.8. The minimum absolute atomic E-state index is 0.180. The number of allylic oxidation sites excluding steroid dienone is 2. The number of ether oxygens (including phenoxy) is 1. The van der Waals surface area contributed by atoms with Gasteiger partial charge in [-0.25, -0.2) is 19.7 Å². The van der Waals surface area contributed by atoms with Crippen molar-refractivity contribution in [3.63, 3.8) is 0 Å². The van der Waals surface area contributed by atoms with Crippen molar-refractivity contribution in [2.45, 2.75) is 11.4 Å². The van der Waals surface area contributed by atoms with Crippen LogP contribution in [0.2, 0.25) is 0 Å². The summed E-state index contributed by atoms with van der Waals surface area (Å²) >= 11 is 13.6. The molecule has 0 spiro atoms. The Morgan fingerprint density at radius 3 is 2.88 bits per heavy atom. The average molecular weight is 407 g/mol. The zero-order valence-corrected chi connectivity index (χ0v) is 15.8. The van der Waals surface area contributed by atoms with E-state index in [1.54, 1.807) is 12.2 Å². The fourth-order valence-corrected chi connectivity index (χ4v) is 4.30. The Kier molecular flexibility index (Phi) is 4.52. The zero-order valence-electron chi connectivity index (χ0n) is 13.4. The molecule has 0 amide bonds. The number of hydrogen-bond acceptors (Lipinski definition) is 7. The van der Waals surface area contributed by atoms with Gasteiger partial charge in [0.05, 0.1) is 39.6 Å². The number of rotatable bonds is 3. The molecule has 0 saturated heterocycles. The van der Waals surface area contributed by atoms with E-state index in [1.165, 1.54) is 24.8 Å². The van der Waals surface area contributed by atoms with E-state index in [9.17, 15) is 4.79 Å². The van der Waals surface area contributed by atoms with Gasteiger partial charge in [-0.05, 0) is 24.3 Å². The summed E-state index contributed by atoms with van der Waals surface area (Å²) in [5, 5.41) is 4.68. The molecule has 0 bridgehead atoms. The number of esters is 1. The van der Waals surface area contributed by atoms with Gasteiger partial charge < -0.3 is 10.1 Å². The Morgan fingerprint density at radius 2 is 2.12 bits per heavy atom. The van der Waals surface area contributed by atoms with E-state index in [0.29, 0.717) is 16.4 Å². The van der Waals surface area contributed by atoms with E-state index >= 15 is 0 Å². The van der Waals surface area contributed by atoms with E-state index in [4.69, 9.17) is 27.9 Å². The topological polar surface area (TPSA) is 77.0 Å². The molecule has 9 heteroatoms. The largest absolute Gasteiger partial charge is 0.464 e. The fraction of sp³-hybridized carbons (Fsp3) is 0.176. The SMILES string of the molecule is COC(=O)c1nc2ccc3ncnc(NC4C=CC(Cl)=CC4Cl)c3c2s1. The van der Waals surface area contributed by atoms with Crippen molar-refractivity contribution < 1.29 is 9.53 Å². The molecule has 2 unspecified atom stereocenters. The molecular weight excluding hydrogens is 395 g/mol. The van der Waals surface area contributed by atoms with Gasteiger partial charge in [-0.15, -0.1) is 22.9 Å². The number of hydrogen-bond donors (Lipinski definition) is 1. The lowest BCUT2D eigenvalue weighted by atomic mass is 10.1. The van der Waals surface area contributed by atoms with Gasteiger partial charge >= 0.3 is 5.97 Å². The van der Waals surface area contributed by atoms with Crippen molar-refractivity contribution in [1.29, 1.82) is 0 Å². The number of nitrogens with zero attached hydrogens (tertiary/aromatic N) is 3. The van der Waals surface area contributed by atoms with Crippen molar-refractivity contribution in [2.75, 3.05) is 12.4 Å². The molecule has 4 rings (SSSR count). The lowest BCUT2D eigenvalue weighted by Gasteiger charge is -2.22. The van der Waals surface area contributed by atoms with Gasteiger partial charge in [0.2, 0.25) is 5.01 Å². The maximum atomic E-state index is 11.8. The number of benzene rings is 1. The van der Waals surface area contributed by atoms with Crippen molar-refractivity contribution in [3.05, 3.63) is 46.7 Å². The first-order valence-electron chi connectivity index (χ1n) is 7.65. The van der Waals surface area contributed by atoms with Crippen LogP contribution in [0.4, 0.5) is 5.82 Å². The molecule has 26 heavy (non-hydrogen) atoms. The molecule has 2 heterocycles. The maximum Gasteiger partial charge on any atom is 0.367 e. The van der Waals surface area contributed by atoms with E-state index in [2.05, 4.69) is 20.3 Å². The summed E-state index contributed by atoms with van der Waals surface area (Å²) in [6.07, 6.45) is 6.93. The van der Waals surface area contributed by atoms with Gasteiger partial charge in [-0.1, -0.05) is 17.7 Å². The van der Waals surface area contributed by atoms with Crippen molar-refractivity contribution >= 4 is 67.4 Å². The Balaban J connectivity index is 1.83. The Morgan fingerprint density at radius 1 is 1.31 bits per heavy atom. The molecule has 2 aromatic heterocycles. The summed E-state index contributed by atoms with van der Waals surface area (Å²) in [5.41, 5.74) is 1.43. The molecule has 3 aromatic rings. The molecule has 1 N–H and O–H groups in total. The number of carbonyl (C=O) groups is 1. The summed E-state index contributed by atoms with van der Waals surface area (Å²) < 4.78 is 5.58. The number of nitrogens with one attached hydrogen (secondary N) is 1. The van der Waals surface area contributed by atoms with E-state index < -0.39 is 5.97 Å². The predicted octanol–water partition coefficient (Wildman–Crippen LogP) is 4.11. The minimum atomic E-state index is -0.471. The Bertz CT molecular complexity index is 1080. The van der Waals surface area contributed by atoms with Crippen molar-refractivity contribution in [3.8, 4) is 0 Å². The normalized spacial score (nSPS) is 19.6. The molecule has 0 fully saturated rings. The van der Waals surface area contributed by atoms with Crippen LogP contribution in [0.5, 0.6) is 0 Å². The van der Waals surface area contributed by atoms with Gasteiger partial charge in [0.1, 0.15) is 12.1 Å². The molecule has 0 saturated carbocycles. The summed E-state index contributed by atoms with van der Waals surface area (Å²) in [6.45, 7) is 0. The number of aromatic nitrogens is 3. The van der Waals surface area contributed by atoms with Crippen molar-refractivity contribution in [1.82, 2.24) is 15.0 Å². The van der Waals surface area contributed by atoms with Crippen LogP contribution in [0.25, 0.3) is 21.1 Å². The first kappa shape index (κ1) is 17.2. The standard InChI is InChI=1S/C17H12Cl2N4O2S/c1-25-17(24)16-23-12-5-4-11-13(14(12)26-16)15(21-7-20-11)22-10-3-2-8(18)6-9(10)19/h2-7,9-10H,1H3,(H,20,21,22). The van der Waals surface area contributed by atoms with Crippen LogP contribution < -0.4 is 5.32 Å². The highest BCUT2D eigenvalue weighted by molar-refractivity contribution is 7.21. The van der Waals surface area contributed by atoms with Gasteiger partial charge in [-0.3, -0.25) is 0 Å². The highest BCUT2D eigenvalue weighted by Gasteiger charge is 2.21. The summed E-state index contributed by atoms with van der Waals surface area (Å²) in [6, 6.07) is 3.49. The molecular formula is C17H12Cl2N4O2S. The van der Waals surface area contributed by atoms with Crippen molar-refractivity contribution in [2.24, 2.45) is 0 Å². The van der Waals surface area contributed by atoms with E-state index in [-0.39, 0.29) is 16.4 Å². The third-order valence-electron chi connectivity index (χ3n) is 3.94. The Labute approximate surface area is 162 Å². The molecule has 0 radical (unpaired) electrons. The highest BCUT2D eigenvalue weighted by Crippen LogP contribution is 2.34. The number of methoxy groups -OCH3 is 1. The molecule has 0 aliphatic heterocycles. The minimum Gasteiger partial charge on any atom is -0.464 e. The quantitative estimate of drug-likeness (QED) is 0.520. The number of fused-ring (bicyclic) bond motifs is 3. The average Bonchev–Trinajstić information content (AvgIpc) is 3.08. The van der Waals surface area contributed by atoms with E-state index in [1.807, 2.05) is 18.2 Å². The second kappa shape index (κ2) is 6.83. The molecule has 132 valence electrons. The zero-order chi connectivity index (χ0) is 18.3. The third-order valence-corrected chi connectivity index (χ3v) is 5.66.